The van der Waals surface area contributed by atoms with Gasteiger partial charge in [0.15, 0.2) is 0 Å². The molecule has 3 aromatic carbocycles. The molecule has 0 radical (unpaired) electrons. The number of furan rings is 1. The van der Waals surface area contributed by atoms with Crippen LogP contribution >= 0.6 is 0 Å². The first-order valence-corrected chi connectivity index (χ1v) is 7.98. The quantitative estimate of drug-likeness (QED) is 0.365. The average molecular weight is 299 g/mol. The van der Waals surface area contributed by atoms with E-state index < -0.39 is 0 Å². The summed E-state index contributed by atoms with van der Waals surface area (Å²) in [4.78, 5) is 3.61. The molecule has 0 aliphatic heterocycles. The Morgan fingerprint density at radius 2 is 1.61 bits per heavy atom. The van der Waals surface area contributed by atoms with E-state index in [9.17, 15) is 0 Å². The van der Waals surface area contributed by atoms with Crippen LogP contribution in [0.25, 0.3) is 43.7 Å². The number of H-pyrrole nitrogens is 1. The van der Waals surface area contributed by atoms with E-state index in [0.29, 0.717) is 0 Å². The van der Waals surface area contributed by atoms with Gasteiger partial charge in [0, 0.05) is 27.1 Å². The first kappa shape index (κ1) is 12.8. The molecule has 23 heavy (non-hydrogen) atoms. The molecule has 0 atom stereocenters. The predicted octanol–water partition coefficient (Wildman–Crippen LogP) is 6.15. The predicted molar refractivity (Wildman–Crippen MR) is 97.3 cm³/mol. The summed E-state index contributed by atoms with van der Waals surface area (Å²) in [6.45, 7) is 6.49. The number of aromatic amines is 1. The van der Waals surface area contributed by atoms with Crippen molar-refractivity contribution >= 4 is 43.7 Å². The Morgan fingerprint density at radius 3 is 2.48 bits per heavy atom. The molecule has 0 bridgehead atoms. The summed E-state index contributed by atoms with van der Waals surface area (Å²) in [5, 5.41) is 5.03. The fourth-order valence-corrected chi connectivity index (χ4v) is 3.86. The summed E-state index contributed by atoms with van der Waals surface area (Å²) in [6, 6.07) is 14.8. The lowest BCUT2D eigenvalue weighted by molar-refractivity contribution is 0.665. The number of rotatable bonds is 0. The van der Waals surface area contributed by atoms with Gasteiger partial charge in [-0.05, 0) is 49.6 Å². The van der Waals surface area contributed by atoms with E-state index in [4.69, 9.17) is 4.42 Å². The lowest BCUT2D eigenvalue weighted by atomic mass is 9.97. The molecule has 0 spiro atoms. The minimum atomic E-state index is 0.972. The highest BCUT2D eigenvalue weighted by Gasteiger charge is 2.19. The molecule has 2 nitrogen and oxygen atoms in total. The van der Waals surface area contributed by atoms with Gasteiger partial charge in [0.2, 0.25) is 0 Å². The third-order valence-electron chi connectivity index (χ3n) is 5.16. The normalized spacial score (nSPS) is 12.1. The molecule has 5 rings (SSSR count). The number of para-hydroxylation sites is 1. The Bertz CT molecular complexity index is 1240. The number of aromatic nitrogens is 1. The van der Waals surface area contributed by atoms with Crippen LogP contribution in [0.1, 0.15) is 16.7 Å². The summed E-state index contributed by atoms with van der Waals surface area (Å²) in [7, 11) is 0. The van der Waals surface area contributed by atoms with Crippen molar-refractivity contribution in [3.05, 3.63) is 59.2 Å². The first-order chi connectivity index (χ1) is 11.2. The zero-order chi connectivity index (χ0) is 15.7. The fourth-order valence-electron chi connectivity index (χ4n) is 3.86. The number of hydrogen-bond acceptors (Lipinski definition) is 1. The Morgan fingerprint density at radius 1 is 0.783 bits per heavy atom. The minimum Gasteiger partial charge on any atom is -0.456 e. The van der Waals surface area contributed by atoms with Crippen LogP contribution in [0, 0.1) is 20.8 Å². The summed E-state index contributed by atoms with van der Waals surface area (Å²) >= 11 is 0. The van der Waals surface area contributed by atoms with Gasteiger partial charge in [-0.3, -0.25) is 0 Å². The van der Waals surface area contributed by atoms with E-state index in [0.717, 1.165) is 11.2 Å². The Kier molecular flexibility index (Phi) is 2.31. The van der Waals surface area contributed by atoms with Gasteiger partial charge in [-0.25, -0.2) is 0 Å². The van der Waals surface area contributed by atoms with E-state index in [1.54, 1.807) is 0 Å². The SMILES string of the molecule is Cc1c(C)c2oc3cccc(C)c3c2c2c1[nH]c1ccccc12. The molecule has 1 N–H and O–H groups in total. The van der Waals surface area contributed by atoms with Crippen molar-refractivity contribution in [3.63, 3.8) is 0 Å². The lowest BCUT2D eigenvalue weighted by Gasteiger charge is -2.05. The number of fused-ring (bicyclic) bond motifs is 7. The second kappa shape index (κ2) is 4.17. The van der Waals surface area contributed by atoms with Gasteiger partial charge in [0.25, 0.3) is 0 Å². The Balaban J connectivity index is 2.24. The molecule has 0 aliphatic carbocycles. The van der Waals surface area contributed by atoms with E-state index in [2.05, 4.69) is 68.2 Å². The van der Waals surface area contributed by atoms with Gasteiger partial charge < -0.3 is 9.40 Å². The molecule has 0 saturated carbocycles. The molecule has 2 aromatic heterocycles. The summed E-state index contributed by atoms with van der Waals surface area (Å²) in [6.07, 6.45) is 0. The summed E-state index contributed by atoms with van der Waals surface area (Å²) in [5.41, 5.74) is 8.14. The van der Waals surface area contributed by atoms with Crippen molar-refractivity contribution in [3.8, 4) is 0 Å². The van der Waals surface area contributed by atoms with Crippen LogP contribution in [0.3, 0.4) is 0 Å². The molecular formula is C21H17NO. The van der Waals surface area contributed by atoms with Crippen molar-refractivity contribution in [2.24, 2.45) is 0 Å². The lowest BCUT2D eigenvalue weighted by Crippen LogP contribution is -1.85. The monoisotopic (exact) mass is 299 g/mol. The van der Waals surface area contributed by atoms with Crippen molar-refractivity contribution in [1.29, 1.82) is 0 Å². The van der Waals surface area contributed by atoms with Crippen LogP contribution in [0.2, 0.25) is 0 Å². The maximum Gasteiger partial charge on any atom is 0.139 e. The second-order valence-electron chi connectivity index (χ2n) is 6.42. The highest BCUT2D eigenvalue weighted by Crippen LogP contribution is 2.42. The molecule has 0 saturated heterocycles. The van der Waals surface area contributed by atoms with Crippen LogP contribution < -0.4 is 0 Å². The second-order valence-corrected chi connectivity index (χ2v) is 6.42. The smallest absolute Gasteiger partial charge is 0.139 e. The zero-order valence-corrected chi connectivity index (χ0v) is 13.4. The highest BCUT2D eigenvalue weighted by atomic mass is 16.3. The molecule has 0 aliphatic rings. The number of nitrogens with one attached hydrogen (secondary N) is 1. The third-order valence-corrected chi connectivity index (χ3v) is 5.16. The Hall–Kier alpha value is -2.74. The third kappa shape index (κ3) is 1.48. The van der Waals surface area contributed by atoms with Gasteiger partial charge >= 0.3 is 0 Å². The van der Waals surface area contributed by atoms with Crippen LogP contribution in [-0.4, -0.2) is 4.98 Å². The van der Waals surface area contributed by atoms with Gasteiger partial charge in [-0.2, -0.15) is 0 Å². The van der Waals surface area contributed by atoms with Crippen molar-refractivity contribution in [2.45, 2.75) is 20.8 Å². The molecule has 112 valence electrons. The first-order valence-electron chi connectivity index (χ1n) is 7.98. The van der Waals surface area contributed by atoms with Crippen LogP contribution in [0.4, 0.5) is 0 Å². The summed E-state index contributed by atoms with van der Waals surface area (Å²) in [5.74, 6) is 0. The number of benzene rings is 3. The van der Waals surface area contributed by atoms with E-state index in [-0.39, 0.29) is 0 Å². The van der Waals surface area contributed by atoms with Gasteiger partial charge in [-0.15, -0.1) is 0 Å². The van der Waals surface area contributed by atoms with Crippen LogP contribution in [0.5, 0.6) is 0 Å². The molecule has 0 fully saturated rings. The van der Waals surface area contributed by atoms with E-state index in [1.165, 1.54) is 49.3 Å². The fraction of sp³-hybridized carbons (Fsp3) is 0.143. The van der Waals surface area contributed by atoms with Gasteiger partial charge in [-0.1, -0.05) is 30.3 Å². The minimum absolute atomic E-state index is 0.972. The van der Waals surface area contributed by atoms with E-state index >= 15 is 0 Å². The summed E-state index contributed by atoms with van der Waals surface area (Å²) < 4.78 is 6.26. The van der Waals surface area contributed by atoms with Crippen molar-refractivity contribution in [1.82, 2.24) is 4.98 Å². The molecule has 2 heterocycles. The van der Waals surface area contributed by atoms with Crippen molar-refractivity contribution in [2.75, 3.05) is 0 Å². The maximum atomic E-state index is 6.26. The molecule has 0 amide bonds. The van der Waals surface area contributed by atoms with Crippen LogP contribution in [-0.2, 0) is 0 Å². The van der Waals surface area contributed by atoms with Gasteiger partial charge in [0.1, 0.15) is 11.2 Å². The molecule has 5 aromatic rings. The molecule has 2 heteroatoms. The van der Waals surface area contributed by atoms with Crippen molar-refractivity contribution < 1.29 is 4.42 Å². The maximum absolute atomic E-state index is 6.26. The zero-order valence-electron chi connectivity index (χ0n) is 13.4. The topological polar surface area (TPSA) is 28.9 Å². The molecular weight excluding hydrogens is 282 g/mol. The molecule has 0 unspecified atom stereocenters. The number of aryl methyl sites for hydroxylation is 3. The highest BCUT2D eigenvalue weighted by molar-refractivity contribution is 6.28. The van der Waals surface area contributed by atoms with Gasteiger partial charge in [0.05, 0.1) is 5.52 Å². The largest absolute Gasteiger partial charge is 0.456 e. The average Bonchev–Trinajstić information content (AvgIpc) is 3.11. The number of hydrogen-bond donors (Lipinski definition) is 1. The van der Waals surface area contributed by atoms with E-state index in [1.807, 2.05) is 0 Å². The standard InChI is InChI=1S/C21H17NO/c1-11-7-6-10-16-17(11)19-18-14-8-4-5-9-15(14)22-20(18)12(2)13(3)21(19)23-16/h4-10,22H,1-3H3. The Labute approximate surface area is 133 Å². The van der Waals surface area contributed by atoms with Crippen LogP contribution in [0.15, 0.2) is 46.9 Å².